The minimum atomic E-state index is -2.28. The van der Waals surface area contributed by atoms with Crippen LogP contribution in [0.2, 0.25) is 0 Å². The summed E-state index contributed by atoms with van der Waals surface area (Å²) in [5, 5.41) is 12.0. The lowest BCUT2D eigenvalue weighted by molar-refractivity contribution is 0.0110. The summed E-state index contributed by atoms with van der Waals surface area (Å²) in [5.41, 5.74) is 0. The van der Waals surface area contributed by atoms with Gasteiger partial charge in [0, 0.05) is 24.5 Å². The summed E-state index contributed by atoms with van der Waals surface area (Å²) >= 11 is 1.63. The predicted octanol–water partition coefficient (Wildman–Crippen LogP) is 1.90. The van der Waals surface area contributed by atoms with Gasteiger partial charge in [-0.1, -0.05) is 6.07 Å². The first kappa shape index (κ1) is 17.7. The number of ether oxygens (including phenoxy) is 1. The van der Waals surface area contributed by atoms with E-state index in [0.717, 1.165) is 17.8 Å². The van der Waals surface area contributed by atoms with Crippen molar-refractivity contribution in [1.29, 1.82) is 0 Å². The second-order valence-corrected chi connectivity index (χ2v) is 6.63. The SMILES string of the molecule is OC(COCc1cccs1)CN1CCCN(CC(F)F)CC1. The zero-order valence-corrected chi connectivity index (χ0v) is 13.5. The van der Waals surface area contributed by atoms with Crippen LogP contribution in [0.1, 0.15) is 11.3 Å². The molecular weight excluding hydrogens is 310 g/mol. The summed E-state index contributed by atoms with van der Waals surface area (Å²) in [4.78, 5) is 5.07. The van der Waals surface area contributed by atoms with E-state index in [0.29, 0.717) is 39.4 Å². The summed E-state index contributed by atoms with van der Waals surface area (Å²) in [6.07, 6.45) is -1.96. The van der Waals surface area contributed by atoms with Gasteiger partial charge in [-0.2, -0.15) is 0 Å². The zero-order chi connectivity index (χ0) is 15.8. The molecule has 1 N–H and O–H groups in total. The van der Waals surface area contributed by atoms with Gasteiger partial charge in [-0.25, -0.2) is 8.78 Å². The van der Waals surface area contributed by atoms with Crippen LogP contribution in [0.5, 0.6) is 0 Å². The molecule has 1 saturated heterocycles. The molecular formula is C15H24F2N2O2S. The van der Waals surface area contributed by atoms with Gasteiger partial charge < -0.3 is 9.84 Å². The van der Waals surface area contributed by atoms with Gasteiger partial charge in [0.1, 0.15) is 0 Å². The molecule has 1 fully saturated rings. The van der Waals surface area contributed by atoms with Gasteiger partial charge in [-0.3, -0.25) is 9.80 Å². The highest BCUT2D eigenvalue weighted by Gasteiger charge is 2.19. The lowest BCUT2D eigenvalue weighted by Gasteiger charge is -2.23. The van der Waals surface area contributed by atoms with E-state index in [1.54, 1.807) is 16.2 Å². The van der Waals surface area contributed by atoms with Gasteiger partial charge >= 0.3 is 0 Å². The average Bonchev–Trinajstić information content (AvgIpc) is 2.88. The highest BCUT2D eigenvalue weighted by molar-refractivity contribution is 7.09. The van der Waals surface area contributed by atoms with Crippen LogP contribution in [-0.2, 0) is 11.3 Å². The number of rotatable bonds is 8. The van der Waals surface area contributed by atoms with Crippen LogP contribution >= 0.6 is 11.3 Å². The predicted molar refractivity (Wildman–Crippen MR) is 83.5 cm³/mol. The Labute approximate surface area is 134 Å². The van der Waals surface area contributed by atoms with Crippen LogP contribution in [-0.4, -0.2) is 73.3 Å². The van der Waals surface area contributed by atoms with Gasteiger partial charge in [0.2, 0.25) is 0 Å². The fraction of sp³-hybridized carbons (Fsp3) is 0.733. The maximum Gasteiger partial charge on any atom is 0.251 e. The number of thiophene rings is 1. The maximum absolute atomic E-state index is 12.4. The molecule has 1 aliphatic rings. The lowest BCUT2D eigenvalue weighted by Crippen LogP contribution is -2.38. The minimum absolute atomic E-state index is 0.152. The zero-order valence-electron chi connectivity index (χ0n) is 12.7. The standard InChI is InChI=1S/C15H24F2N2O2S/c16-15(17)10-19-5-2-4-18(6-7-19)9-13(20)11-21-12-14-3-1-8-22-14/h1,3,8,13,15,20H,2,4-7,9-12H2. The molecule has 1 aliphatic heterocycles. The Kier molecular flexibility index (Phi) is 7.68. The van der Waals surface area contributed by atoms with Crippen LogP contribution in [0.3, 0.4) is 0 Å². The molecule has 22 heavy (non-hydrogen) atoms. The van der Waals surface area contributed by atoms with E-state index >= 15 is 0 Å². The van der Waals surface area contributed by atoms with Gasteiger partial charge in [-0.15, -0.1) is 11.3 Å². The molecule has 0 aromatic carbocycles. The monoisotopic (exact) mass is 334 g/mol. The van der Waals surface area contributed by atoms with Crippen molar-refractivity contribution in [3.05, 3.63) is 22.4 Å². The van der Waals surface area contributed by atoms with E-state index in [1.807, 2.05) is 17.5 Å². The Balaban J connectivity index is 1.62. The molecule has 0 aliphatic carbocycles. The van der Waals surface area contributed by atoms with Gasteiger partial charge in [0.15, 0.2) is 0 Å². The molecule has 0 bridgehead atoms. The first-order chi connectivity index (χ1) is 10.6. The molecule has 0 spiro atoms. The third kappa shape index (κ3) is 6.66. The first-order valence-corrected chi connectivity index (χ1v) is 8.52. The third-order valence-corrected chi connectivity index (χ3v) is 4.53. The summed E-state index contributed by atoms with van der Waals surface area (Å²) in [6.45, 7) is 4.09. The molecule has 2 rings (SSSR count). The van der Waals surface area contributed by atoms with Crippen LogP contribution in [0.25, 0.3) is 0 Å². The van der Waals surface area contributed by atoms with Crippen molar-refractivity contribution in [3.8, 4) is 0 Å². The van der Waals surface area contributed by atoms with E-state index in [1.165, 1.54) is 0 Å². The van der Waals surface area contributed by atoms with Gasteiger partial charge in [0.05, 0.1) is 25.9 Å². The van der Waals surface area contributed by atoms with Crippen molar-refractivity contribution in [2.45, 2.75) is 25.6 Å². The number of aliphatic hydroxyl groups is 1. The van der Waals surface area contributed by atoms with Crippen molar-refractivity contribution in [2.24, 2.45) is 0 Å². The van der Waals surface area contributed by atoms with Crippen molar-refractivity contribution in [2.75, 3.05) is 45.9 Å². The van der Waals surface area contributed by atoms with E-state index in [9.17, 15) is 13.9 Å². The highest BCUT2D eigenvalue weighted by Crippen LogP contribution is 2.10. The molecule has 126 valence electrons. The minimum Gasteiger partial charge on any atom is -0.389 e. The van der Waals surface area contributed by atoms with Crippen molar-refractivity contribution < 1.29 is 18.6 Å². The topological polar surface area (TPSA) is 35.9 Å². The molecule has 0 amide bonds. The Bertz CT molecular complexity index is 406. The number of alkyl halides is 2. The molecule has 1 atom stereocenters. The number of aliphatic hydroxyl groups excluding tert-OH is 1. The fourth-order valence-corrected chi connectivity index (χ4v) is 3.27. The Morgan fingerprint density at radius 3 is 2.55 bits per heavy atom. The Morgan fingerprint density at radius 2 is 1.91 bits per heavy atom. The summed E-state index contributed by atoms with van der Waals surface area (Å²) in [5.74, 6) is 0. The Hall–Kier alpha value is -0.600. The molecule has 2 heterocycles. The van der Waals surface area contributed by atoms with Crippen LogP contribution in [0.15, 0.2) is 17.5 Å². The van der Waals surface area contributed by atoms with E-state index < -0.39 is 12.5 Å². The maximum atomic E-state index is 12.4. The van der Waals surface area contributed by atoms with Crippen molar-refractivity contribution in [1.82, 2.24) is 9.80 Å². The number of nitrogens with zero attached hydrogens (tertiary/aromatic N) is 2. The normalized spacial score (nSPS) is 19.5. The van der Waals surface area contributed by atoms with E-state index in [-0.39, 0.29) is 6.54 Å². The summed E-state index contributed by atoms with van der Waals surface area (Å²) < 4.78 is 30.3. The van der Waals surface area contributed by atoms with E-state index in [2.05, 4.69) is 4.90 Å². The van der Waals surface area contributed by atoms with Gasteiger partial charge in [0.25, 0.3) is 6.43 Å². The fourth-order valence-electron chi connectivity index (χ4n) is 2.63. The quantitative estimate of drug-likeness (QED) is 0.788. The smallest absolute Gasteiger partial charge is 0.251 e. The summed E-state index contributed by atoms with van der Waals surface area (Å²) in [7, 11) is 0. The average molecular weight is 334 g/mol. The van der Waals surface area contributed by atoms with Crippen molar-refractivity contribution >= 4 is 11.3 Å². The lowest BCUT2D eigenvalue weighted by atomic mass is 10.3. The third-order valence-electron chi connectivity index (χ3n) is 3.68. The van der Waals surface area contributed by atoms with Crippen LogP contribution in [0.4, 0.5) is 8.78 Å². The van der Waals surface area contributed by atoms with Gasteiger partial charge in [-0.05, 0) is 31.0 Å². The molecule has 4 nitrogen and oxygen atoms in total. The van der Waals surface area contributed by atoms with Crippen LogP contribution in [0, 0.1) is 0 Å². The number of hydrogen-bond acceptors (Lipinski definition) is 5. The van der Waals surface area contributed by atoms with Crippen LogP contribution < -0.4 is 0 Å². The second-order valence-electron chi connectivity index (χ2n) is 5.59. The highest BCUT2D eigenvalue weighted by atomic mass is 32.1. The number of halogens is 2. The molecule has 7 heteroatoms. The second kappa shape index (κ2) is 9.52. The number of β-amino-alcohol motifs (C(OH)–C–C–N with tert-alkyl or cyclic N) is 1. The Morgan fingerprint density at radius 1 is 1.18 bits per heavy atom. The molecule has 0 radical (unpaired) electrons. The molecule has 0 saturated carbocycles. The van der Waals surface area contributed by atoms with E-state index in [4.69, 9.17) is 4.74 Å². The molecule has 1 unspecified atom stereocenters. The van der Waals surface area contributed by atoms with Crippen molar-refractivity contribution in [3.63, 3.8) is 0 Å². The number of hydrogen-bond donors (Lipinski definition) is 1. The molecule has 1 aromatic heterocycles. The molecule has 1 aromatic rings. The largest absolute Gasteiger partial charge is 0.389 e. The summed E-state index contributed by atoms with van der Waals surface area (Å²) in [6, 6.07) is 3.98. The first-order valence-electron chi connectivity index (χ1n) is 7.64.